The van der Waals surface area contributed by atoms with Crippen LogP contribution in [0.25, 0.3) is 0 Å². The Balaban J connectivity index is 0.00000110. The summed E-state index contributed by atoms with van der Waals surface area (Å²) in [5.41, 5.74) is 0. The second-order valence-electron chi connectivity index (χ2n) is 4.34. The zero-order chi connectivity index (χ0) is 12.9. The van der Waals surface area contributed by atoms with Crippen molar-refractivity contribution in [3.8, 4) is 0 Å². The zero-order valence-electron chi connectivity index (χ0n) is 11.7. The van der Waals surface area contributed by atoms with E-state index in [0.29, 0.717) is 0 Å². The number of rotatable bonds is 3. The third-order valence-electron chi connectivity index (χ3n) is 3.04. The molecule has 21 heavy (non-hydrogen) atoms. The highest BCUT2D eigenvalue weighted by Gasteiger charge is 2.14. The molecule has 0 radical (unpaired) electrons. The number of halogens is 1. The van der Waals surface area contributed by atoms with Crippen LogP contribution in [0, 0.1) is 0 Å². The van der Waals surface area contributed by atoms with E-state index in [1.54, 1.807) is 0 Å². The van der Waals surface area contributed by atoms with Gasteiger partial charge in [-0.3, -0.25) is 0 Å². The molecule has 3 heteroatoms. The second kappa shape index (κ2) is 8.96. The molecule has 0 aromatic heterocycles. The predicted molar refractivity (Wildman–Crippen MR) is 104 cm³/mol. The van der Waals surface area contributed by atoms with Gasteiger partial charge in [-0.15, -0.1) is 12.4 Å². The highest BCUT2D eigenvalue weighted by molar-refractivity contribution is 7.79. The van der Waals surface area contributed by atoms with E-state index < -0.39 is 7.92 Å². The van der Waals surface area contributed by atoms with Crippen LogP contribution in [0.15, 0.2) is 91.0 Å². The second-order valence-corrected chi connectivity index (χ2v) is 6.56. The summed E-state index contributed by atoms with van der Waals surface area (Å²) < 4.78 is 0. The van der Waals surface area contributed by atoms with E-state index in [1.807, 2.05) is 0 Å². The van der Waals surface area contributed by atoms with Crippen LogP contribution in [0.4, 0.5) is 0 Å². The maximum atomic E-state index is 2.23. The van der Waals surface area contributed by atoms with Crippen molar-refractivity contribution in [1.29, 1.82) is 0 Å². The van der Waals surface area contributed by atoms with Gasteiger partial charge >= 0.3 is 0 Å². The summed E-state index contributed by atoms with van der Waals surface area (Å²) in [6.45, 7) is 0. The predicted octanol–water partition coefficient (Wildman–Crippen LogP) is 3.92. The van der Waals surface area contributed by atoms with E-state index in [0.717, 1.165) is 0 Å². The molecule has 1 atom stereocenters. The Morgan fingerprint density at radius 3 is 0.905 bits per heavy atom. The largest absolute Gasteiger partial charge is 0.153 e. The average Bonchev–Trinajstić information content (AvgIpc) is 2.51. The molecule has 0 saturated carbocycles. The van der Waals surface area contributed by atoms with Crippen molar-refractivity contribution in [2.45, 2.75) is 0 Å². The number of benzene rings is 3. The van der Waals surface area contributed by atoms with Gasteiger partial charge in [0.1, 0.15) is 0 Å². The maximum Gasteiger partial charge on any atom is -0.0134 e. The van der Waals surface area contributed by atoms with Crippen LogP contribution in [0.3, 0.4) is 0 Å². The summed E-state index contributed by atoms with van der Waals surface area (Å²) >= 11 is 0. The van der Waals surface area contributed by atoms with E-state index in [2.05, 4.69) is 91.0 Å². The van der Waals surface area contributed by atoms with Gasteiger partial charge in [-0.1, -0.05) is 91.0 Å². The van der Waals surface area contributed by atoms with Gasteiger partial charge in [0.25, 0.3) is 0 Å². The Labute approximate surface area is 137 Å². The van der Waals surface area contributed by atoms with Gasteiger partial charge in [0.2, 0.25) is 0 Å². The third-order valence-corrected chi connectivity index (χ3v) is 5.49. The molecule has 3 rings (SSSR count). The normalized spacial score (nSPS) is 9.57. The summed E-state index contributed by atoms with van der Waals surface area (Å²) in [5, 5.41) is 4.19. The van der Waals surface area contributed by atoms with Crippen LogP contribution < -0.4 is 15.9 Å². The molecule has 0 aliphatic heterocycles. The lowest BCUT2D eigenvalue weighted by molar-refractivity contribution is 1.74. The SMILES string of the molecule is Cl.P.c1ccc(P(c2ccccc2)c2ccccc2)cc1. The lowest BCUT2D eigenvalue weighted by Crippen LogP contribution is -2.20. The zero-order valence-corrected chi connectivity index (χ0v) is 14.8. The van der Waals surface area contributed by atoms with Gasteiger partial charge < -0.3 is 0 Å². The Morgan fingerprint density at radius 2 is 0.667 bits per heavy atom. The molecule has 0 aliphatic rings. The molecule has 3 aromatic rings. The minimum atomic E-state index is -0.446. The van der Waals surface area contributed by atoms with E-state index in [9.17, 15) is 0 Å². The number of hydrogen-bond donors (Lipinski definition) is 0. The molecular formula is C18H19ClP2. The van der Waals surface area contributed by atoms with Crippen molar-refractivity contribution >= 4 is 46.1 Å². The van der Waals surface area contributed by atoms with Gasteiger partial charge in [0.05, 0.1) is 0 Å². The molecule has 1 unspecified atom stereocenters. The van der Waals surface area contributed by atoms with Crippen LogP contribution in [-0.2, 0) is 0 Å². The van der Waals surface area contributed by atoms with E-state index in [-0.39, 0.29) is 22.3 Å². The molecule has 3 aromatic carbocycles. The minimum Gasteiger partial charge on any atom is -0.153 e. The minimum absolute atomic E-state index is 0. The lowest BCUT2D eigenvalue weighted by Gasteiger charge is -2.18. The Bertz CT molecular complexity index is 533. The van der Waals surface area contributed by atoms with Crippen molar-refractivity contribution in [2.75, 3.05) is 0 Å². The Kier molecular flexibility index (Phi) is 7.62. The van der Waals surface area contributed by atoms with Crippen LogP contribution >= 0.6 is 30.2 Å². The third kappa shape index (κ3) is 4.39. The topological polar surface area (TPSA) is 0 Å². The molecule has 108 valence electrons. The van der Waals surface area contributed by atoms with Gasteiger partial charge in [0.15, 0.2) is 0 Å². The molecule has 0 bridgehead atoms. The van der Waals surface area contributed by atoms with Gasteiger partial charge in [-0.05, 0) is 23.8 Å². The molecule has 0 N–H and O–H groups in total. The van der Waals surface area contributed by atoms with Gasteiger partial charge in [-0.2, -0.15) is 9.90 Å². The van der Waals surface area contributed by atoms with Gasteiger partial charge in [0, 0.05) is 0 Å². The van der Waals surface area contributed by atoms with Crippen LogP contribution in [0.5, 0.6) is 0 Å². The van der Waals surface area contributed by atoms with Crippen LogP contribution in [0.1, 0.15) is 0 Å². The number of hydrogen-bond acceptors (Lipinski definition) is 0. The van der Waals surface area contributed by atoms with Crippen molar-refractivity contribution in [1.82, 2.24) is 0 Å². The first kappa shape index (κ1) is 17.9. The monoisotopic (exact) mass is 332 g/mol. The fraction of sp³-hybridized carbons (Fsp3) is 0. The fourth-order valence-corrected chi connectivity index (χ4v) is 4.48. The standard InChI is InChI=1S/C18H15P.ClH.H3P/c1-4-10-16(11-5-1)19(17-12-6-2-7-13-17)18-14-8-3-9-15-18;;/h1-15H;1H;1H3. The van der Waals surface area contributed by atoms with E-state index in [1.165, 1.54) is 15.9 Å². The van der Waals surface area contributed by atoms with Crippen molar-refractivity contribution in [2.24, 2.45) is 0 Å². The van der Waals surface area contributed by atoms with Crippen LogP contribution in [0.2, 0.25) is 0 Å². The molecule has 0 heterocycles. The van der Waals surface area contributed by atoms with Crippen molar-refractivity contribution in [3.63, 3.8) is 0 Å². The maximum absolute atomic E-state index is 2.23. The average molecular weight is 333 g/mol. The highest BCUT2D eigenvalue weighted by Crippen LogP contribution is 2.32. The quantitative estimate of drug-likeness (QED) is 0.638. The molecule has 0 fully saturated rings. The van der Waals surface area contributed by atoms with Gasteiger partial charge in [-0.25, -0.2) is 0 Å². The summed E-state index contributed by atoms with van der Waals surface area (Å²) in [6, 6.07) is 32.3. The van der Waals surface area contributed by atoms with E-state index in [4.69, 9.17) is 0 Å². The summed E-state index contributed by atoms with van der Waals surface area (Å²) in [6.07, 6.45) is 0. The summed E-state index contributed by atoms with van der Waals surface area (Å²) in [4.78, 5) is 0. The van der Waals surface area contributed by atoms with Crippen molar-refractivity contribution < 1.29 is 0 Å². The van der Waals surface area contributed by atoms with Crippen molar-refractivity contribution in [3.05, 3.63) is 91.0 Å². The van der Waals surface area contributed by atoms with E-state index >= 15 is 0 Å². The molecule has 0 amide bonds. The molecule has 0 spiro atoms. The summed E-state index contributed by atoms with van der Waals surface area (Å²) in [7, 11) is -0.446. The molecular weight excluding hydrogens is 314 g/mol. The molecule has 0 aliphatic carbocycles. The first-order valence-corrected chi connectivity index (χ1v) is 7.74. The lowest BCUT2D eigenvalue weighted by atomic mass is 10.4. The Morgan fingerprint density at radius 1 is 0.429 bits per heavy atom. The summed E-state index contributed by atoms with van der Waals surface area (Å²) in [5.74, 6) is 0. The highest BCUT2D eigenvalue weighted by atomic mass is 35.5. The Hall–Kier alpha value is -1.19. The fourth-order valence-electron chi connectivity index (χ4n) is 2.18. The molecule has 0 saturated heterocycles. The molecule has 0 nitrogen and oxygen atoms in total. The first-order chi connectivity index (χ1) is 9.45. The smallest absolute Gasteiger partial charge is 0.0134 e. The van der Waals surface area contributed by atoms with Crippen LogP contribution in [-0.4, -0.2) is 0 Å². The first-order valence-electron chi connectivity index (χ1n) is 6.40.